The Hall–Kier alpha value is -1.71. The minimum Gasteiger partial charge on any atom is -0.496 e. The first-order valence-electron chi connectivity index (χ1n) is 4.72. The highest BCUT2D eigenvalue weighted by atomic mass is 16.5. The quantitative estimate of drug-likeness (QED) is 0.804. The zero-order chi connectivity index (χ0) is 11.4. The molecule has 0 atom stereocenters. The first-order valence-corrected chi connectivity index (χ1v) is 4.72. The summed E-state index contributed by atoms with van der Waals surface area (Å²) >= 11 is 0. The molecule has 0 saturated carbocycles. The predicted molar refractivity (Wildman–Crippen MR) is 58.7 cm³/mol. The van der Waals surface area contributed by atoms with Gasteiger partial charge in [-0.1, -0.05) is 13.8 Å². The molecule has 15 heavy (non-hydrogen) atoms. The lowest BCUT2D eigenvalue weighted by Crippen LogP contribution is -2.07. The number of rotatable bonds is 3. The van der Waals surface area contributed by atoms with Gasteiger partial charge in [-0.15, -0.1) is 0 Å². The van der Waals surface area contributed by atoms with Crippen molar-refractivity contribution in [2.24, 2.45) is 0 Å². The van der Waals surface area contributed by atoms with Gasteiger partial charge in [0.1, 0.15) is 5.75 Å². The summed E-state index contributed by atoms with van der Waals surface area (Å²) in [6, 6.07) is 5.23. The monoisotopic (exact) mass is 209 g/mol. The van der Waals surface area contributed by atoms with E-state index in [9.17, 15) is 4.79 Å². The van der Waals surface area contributed by atoms with Gasteiger partial charge in [-0.05, 0) is 29.7 Å². The molecule has 0 heterocycles. The summed E-state index contributed by atoms with van der Waals surface area (Å²) in [5.41, 5.74) is 1.55. The smallest absolute Gasteiger partial charge is 0.409 e. The summed E-state index contributed by atoms with van der Waals surface area (Å²) in [4.78, 5) is 10.5. The molecule has 0 bridgehead atoms. The lowest BCUT2D eigenvalue weighted by atomic mass is 10.0. The molecule has 2 N–H and O–H groups in total. The van der Waals surface area contributed by atoms with Crippen molar-refractivity contribution in [1.82, 2.24) is 0 Å². The van der Waals surface area contributed by atoms with Crippen LogP contribution in [0, 0.1) is 0 Å². The molecule has 4 heteroatoms. The zero-order valence-electron chi connectivity index (χ0n) is 9.07. The molecular formula is C11H15NO3. The van der Waals surface area contributed by atoms with Crippen molar-refractivity contribution >= 4 is 11.8 Å². The first kappa shape index (κ1) is 11.4. The molecule has 0 aliphatic rings. The fourth-order valence-electron chi connectivity index (χ4n) is 1.39. The van der Waals surface area contributed by atoms with E-state index in [0.29, 0.717) is 5.69 Å². The van der Waals surface area contributed by atoms with Crippen LogP contribution < -0.4 is 10.1 Å². The van der Waals surface area contributed by atoms with Crippen LogP contribution in [0.15, 0.2) is 18.2 Å². The highest BCUT2D eigenvalue weighted by Gasteiger charge is 2.09. The average Bonchev–Trinajstić information content (AvgIpc) is 2.16. The molecule has 4 nitrogen and oxygen atoms in total. The molecular weight excluding hydrogens is 194 g/mol. The van der Waals surface area contributed by atoms with Crippen LogP contribution in [0.5, 0.6) is 5.75 Å². The van der Waals surface area contributed by atoms with Crippen LogP contribution in [0.2, 0.25) is 0 Å². The molecule has 0 aliphatic carbocycles. The van der Waals surface area contributed by atoms with E-state index >= 15 is 0 Å². The van der Waals surface area contributed by atoms with Crippen molar-refractivity contribution in [3.8, 4) is 5.75 Å². The van der Waals surface area contributed by atoms with Gasteiger partial charge in [-0.3, -0.25) is 5.32 Å². The molecule has 0 aliphatic heterocycles. The van der Waals surface area contributed by atoms with Crippen molar-refractivity contribution < 1.29 is 14.6 Å². The highest BCUT2D eigenvalue weighted by Crippen LogP contribution is 2.28. The van der Waals surface area contributed by atoms with Crippen molar-refractivity contribution in [1.29, 1.82) is 0 Å². The van der Waals surface area contributed by atoms with Crippen LogP contribution >= 0.6 is 0 Å². The van der Waals surface area contributed by atoms with Gasteiger partial charge in [0, 0.05) is 5.69 Å². The Balaban J connectivity index is 3.04. The van der Waals surface area contributed by atoms with Crippen LogP contribution in [0.4, 0.5) is 10.5 Å². The van der Waals surface area contributed by atoms with E-state index in [1.807, 2.05) is 13.8 Å². The predicted octanol–water partition coefficient (Wildman–Crippen LogP) is 2.91. The second-order valence-electron chi connectivity index (χ2n) is 3.54. The third-order valence-electron chi connectivity index (χ3n) is 2.10. The van der Waals surface area contributed by atoms with Gasteiger partial charge in [0.2, 0.25) is 0 Å². The number of carbonyl (C=O) groups is 1. The number of amides is 1. The van der Waals surface area contributed by atoms with Gasteiger partial charge in [-0.2, -0.15) is 0 Å². The van der Waals surface area contributed by atoms with E-state index in [2.05, 4.69) is 5.32 Å². The van der Waals surface area contributed by atoms with E-state index in [1.165, 1.54) is 0 Å². The van der Waals surface area contributed by atoms with Crippen LogP contribution in [0.25, 0.3) is 0 Å². The summed E-state index contributed by atoms with van der Waals surface area (Å²) < 4.78 is 5.19. The zero-order valence-corrected chi connectivity index (χ0v) is 9.07. The second kappa shape index (κ2) is 4.68. The number of benzene rings is 1. The topological polar surface area (TPSA) is 58.6 Å². The van der Waals surface area contributed by atoms with Gasteiger partial charge in [0.15, 0.2) is 0 Å². The van der Waals surface area contributed by atoms with Crippen LogP contribution in [-0.2, 0) is 0 Å². The Bertz CT molecular complexity index is 361. The summed E-state index contributed by atoms with van der Waals surface area (Å²) in [6.45, 7) is 4.06. The molecule has 82 valence electrons. The summed E-state index contributed by atoms with van der Waals surface area (Å²) in [6.07, 6.45) is -1.06. The number of ether oxygens (including phenoxy) is 1. The lowest BCUT2D eigenvalue weighted by molar-refractivity contribution is 0.209. The Morgan fingerprint density at radius 1 is 1.47 bits per heavy atom. The number of hydrogen-bond donors (Lipinski definition) is 2. The highest BCUT2D eigenvalue weighted by molar-refractivity contribution is 5.83. The maximum absolute atomic E-state index is 10.5. The van der Waals surface area contributed by atoms with E-state index in [1.54, 1.807) is 25.3 Å². The SMILES string of the molecule is COc1ccc(NC(=O)O)cc1C(C)C. The van der Waals surface area contributed by atoms with Crippen LogP contribution in [0.3, 0.4) is 0 Å². The van der Waals surface area contributed by atoms with E-state index in [-0.39, 0.29) is 5.92 Å². The van der Waals surface area contributed by atoms with Gasteiger partial charge in [0.25, 0.3) is 0 Å². The molecule has 1 aromatic carbocycles. The van der Waals surface area contributed by atoms with E-state index < -0.39 is 6.09 Å². The van der Waals surface area contributed by atoms with E-state index in [0.717, 1.165) is 11.3 Å². The second-order valence-corrected chi connectivity index (χ2v) is 3.54. The van der Waals surface area contributed by atoms with Crippen molar-refractivity contribution in [3.63, 3.8) is 0 Å². The minimum atomic E-state index is -1.06. The largest absolute Gasteiger partial charge is 0.496 e. The summed E-state index contributed by atoms with van der Waals surface area (Å²) in [7, 11) is 1.60. The van der Waals surface area contributed by atoms with Gasteiger partial charge in [-0.25, -0.2) is 4.79 Å². The Morgan fingerprint density at radius 3 is 2.60 bits per heavy atom. The number of nitrogens with one attached hydrogen (secondary N) is 1. The van der Waals surface area contributed by atoms with E-state index in [4.69, 9.17) is 9.84 Å². The standard InChI is InChI=1S/C11H15NO3/c1-7(2)9-6-8(12-11(13)14)4-5-10(9)15-3/h4-7,12H,1-3H3,(H,13,14). The van der Waals surface area contributed by atoms with Crippen molar-refractivity contribution in [3.05, 3.63) is 23.8 Å². The number of anilines is 1. The number of hydrogen-bond acceptors (Lipinski definition) is 2. The van der Waals surface area contributed by atoms with Gasteiger partial charge < -0.3 is 9.84 Å². The molecule has 1 aromatic rings. The third kappa shape index (κ3) is 2.87. The molecule has 0 fully saturated rings. The fourth-order valence-corrected chi connectivity index (χ4v) is 1.39. The van der Waals surface area contributed by atoms with Crippen LogP contribution in [0.1, 0.15) is 25.3 Å². The maximum atomic E-state index is 10.5. The molecule has 1 amide bonds. The third-order valence-corrected chi connectivity index (χ3v) is 2.10. The minimum absolute atomic E-state index is 0.287. The molecule has 0 saturated heterocycles. The van der Waals surface area contributed by atoms with Crippen molar-refractivity contribution in [2.75, 3.05) is 12.4 Å². The lowest BCUT2D eigenvalue weighted by Gasteiger charge is -2.13. The summed E-state index contributed by atoms with van der Waals surface area (Å²) in [5.74, 6) is 1.07. The average molecular weight is 209 g/mol. The Kier molecular flexibility index (Phi) is 3.55. The molecule has 0 radical (unpaired) electrons. The van der Waals surface area contributed by atoms with Gasteiger partial charge >= 0.3 is 6.09 Å². The molecule has 1 rings (SSSR count). The maximum Gasteiger partial charge on any atom is 0.409 e. The molecule has 0 aromatic heterocycles. The van der Waals surface area contributed by atoms with Gasteiger partial charge in [0.05, 0.1) is 7.11 Å². The fraction of sp³-hybridized carbons (Fsp3) is 0.364. The molecule has 0 spiro atoms. The normalized spacial score (nSPS) is 10.1. The summed E-state index contributed by atoms with van der Waals surface area (Å²) in [5, 5.41) is 10.9. The van der Waals surface area contributed by atoms with Crippen LogP contribution in [-0.4, -0.2) is 18.3 Å². The Morgan fingerprint density at radius 2 is 2.13 bits per heavy atom. The first-order chi connectivity index (χ1) is 7.04. The number of methoxy groups -OCH3 is 1. The Labute approximate surface area is 88.9 Å². The number of carboxylic acid groups (broad SMARTS) is 1. The molecule has 0 unspecified atom stereocenters. The van der Waals surface area contributed by atoms with Crippen molar-refractivity contribution in [2.45, 2.75) is 19.8 Å².